The van der Waals surface area contributed by atoms with Crippen LogP contribution in [-0.2, 0) is 39.2 Å². The van der Waals surface area contributed by atoms with Crippen molar-refractivity contribution in [2.75, 3.05) is 14.2 Å². The van der Waals surface area contributed by atoms with Crippen molar-refractivity contribution in [2.24, 2.45) is 0 Å². The molecule has 0 aromatic heterocycles. The summed E-state index contributed by atoms with van der Waals surface area (Å²) in [6.07, 6.45) is -2.94. The fourth-order valence-corrected chi connectivity index (χ4v) is 6.87. The van der Waals surface area contributed by atoms with E-state index in [4.69, 9.17) is 27.3 Å². The van der Waals surface area contributed by atoms with Gasteiger partial charge in [-0.15, -0.1) is 0 Å². The molecular formula is C34H32O12S2. The molecule has 0 bridgehead atoms. The van der Waals surface area contributed by atoms with Crippen molar-refractivity contribution in [3.05, 3.63) is 113 Å². The predicted molar refractivity (Wildman–Crippen MR) is 171 cm³/mol. The number of benzene rings is 4. The SMILES string of the molecule is COC(=O)[C@H](CC1c2c(cc(OS(=O)(=O)c3ccc(C)cc3)cc2OS(=O)(=O)c2ccc(C)cc2)OC1OC)OC(=O)c1ccccc1. The van der Waals surface area contributed by atoms with Crippen LogP contribution in [-0.4, -0.2) is 55.4 Å². The minimum atomic E-state index is -4.50. The fourth-order valence-electron chi connectivity index (χ4n) is 5.02. The summed E-state index contributed by atoms with van der Waals surface area (Å²) in [4.78, 5) is 25.5. The summed E-state index contributed by atoms with van der Waals surface area (Å²) in [5.74, 6) is -3.40. The molecule has 1 heterocycles. The molecule has 4 aromatic rings. The first-order chi connectivity index (χ1) is 22.8. The molecular weight excluding hydrogens is 664 g/mol. The van der Waals surface area contributed by atoms with Crippen LogP contribution in [0, 0.1) is 13.8 Å². The Labute approximate surface area is 278 Å². The lowest BCUT2D eigenvalue weighted by atomic mass is 9.92. The molecule has 1 aliphatic heterocycles. The third-order valence-electron chi connectivity index (χ3n) is 7.47. The van der Waals surface area contributed by atoms with Gasteiger partial charge in [-0.2, -0.15) is 16.8 Å². The molecule has 14 heteroatoms. The molecule has 2 unspecified atom stereocenters. The largest absolute Gasteiger partial charge is 0.466 e. The van der Waals surface area contributed by atoms with Gasteiger partial charge in [0.2, 0.25) is 6.29 Å². The van der Waals surface area contributed by atoms with Crippen molar-refractivity contribution >= 4 is 32.2 Å². The van der Waals surface area contributed by atoms with Gasteiger partial charge in [-0.25, -0.2) is 9.59 Å². The first-order valence-corrected chi connectivity index (χ1v) is 17.4. The van der Waals surface area contributed by atoms with Gasteiger partial charge < -0.3 is 27.3 Å². The van der Waals surface area contributed by atoms with Crippen molar-refractivity contribution in [1.82, 2.24) is 0 Å². The van der Waals surface area contributed by atoms with E-state index in [-0.39, 0.29) is 44.6 Å². The van der Waals surface area contributed by atoms with Crippen molar-refractivity contribution < 1.29 is 53.7 Å². The fraction of sp³-hybridized carbons (Fsp3) is 0.235. The number of hydrogen-bond acceptors (Lipinski definition) is 12. The molecule has 252 valence electrons. The van der Waals surface area contributed by atoms with E-state index in [1.165, 1.54) is 49.6 Å². The van der Waals surface area contributed by atoms with Gasteiger partial charge in [0.05, 0.1) is 18.6 Å². The number of hydrogen-bond donors (Lipinski definition) is 0. The molecule has 0 aliphatic carbocycles. The highest BCUT2D eigenvalue weighted by Gasteiger charge is 2.43. The molecule has 3 atom stereocenters. The molecule has 1 aliphatic rings. The van der Waals surface area contributed by atoms with E-state index >= 15 is 0 Å². The van der Waals surface area contributed by atoms with Crippen molar-refractivity contribution in [1.29, 1.82) is 0 Å². The zero-order valence-electron chi connectivity index (χ0n) is 26.3. The number of ether oxygens (including phenoxy) is 4. The van der Waals surface area contributed by atoms with E-state index in [0.29, 0.717) is 0 Å². The van der Waals surface area contributed by atoms with Crippen LogP contribution < -0.4 is 13.1 Å². The normalized spacial score (nSPS) is 16.2. The number of aryl methyl sites for hydroxylation is 2. The van der Waals surface area contributed by atoms with Crippen LogP contribution in [0.25, 0.3) is 0 Å². The van der Waals surface area contributed by atoms with E-state index in [9.17, 15) is 26.4 Å². The van der Waals surface area contributed by atoms with E-state index in [1.54, 1.807) is 56.3 Å². The average molecular weight is 697 g/mol. The Morgan fingerprint density at radius 3 is 1.88 bits per heavy atom. The van der Waals surface area contributed by atoms with Crippen LogP contribution in [0.15, 0.2) is 101 Å². The lowest BCUT2D eigenvalue weighted by Gasteiger charge is -2.23. The predicted octanol–water partition coefficient (Wildman–Crippen LogP) is 5.08. The van der Waals surface area contributed by atoms with Crippen LogP contribution in [0.1, 0.15) is 39.4 Å². The number of fused-ring (bicyclic) bond motifs is 1. The summed E-state index contributed by atoms with van der Waals surface area (Å²) in [6.45, 7) is 3.58. The molecule has 12 nitrogen and oxygen atoms in total. The van der Waals surface area contributed by atoms with Crippen LogP contribution >= 0.6 is 0 Å². The number of rotatable bonds is 12. The Morgan fingerprint density at radius 2 is 1.33 bits per heavy atom. The van der Waals surface area contributed by atoms with Gasteiger partial charge in [-0.05, 0) is 50.2 Å². The second kappa shape index (κ2) is 14.1. The van der Waals surface area contributed by atoms with E-state index in [1.807, 2.05) is 0 Å². The monoisotopic (exact) mass is 696 g/mol. The molecule has 48 heavy (non-hydrogen) atoms. The van der Waals surface area contributed by atoms with E-state index in [2.05, 4.69) is 0 Å². The van der Waals surface area contributed by atoms with E-state index in [0.717, 1.165) is 24.3 Å². The Bertz CT molecular complexity index is 2010. The first-order valence-electron chi connectivity index (χ1n) is 14.5. The lowest BCUT2D eigenvalue weighted by Crippen LogP contribution is -2.33. The first kappa shape index (κ1) is 34.4. The standard InChI is InChI=1S/C34H32O12S2/c1-21-10-14-25(15-11-21)47(37,38)45-24-18-28-31(29(19-24)46-48(39,40)26-16-12-22(2)13-17-26)27(34(42-4)44-28)20-30(33(36)41-3)43-32(35)23-8-6-5-7-9-23/h5-19,27,30,34H,20H2,1-4H3/t27?,30-,34?/m0/s1. The maximum Gasteiger partial charge on any atom is 0.347 e. The molecule has 4 aromatic carbocycles. The quantitative estimate of drug-likeness (QED) is 0.143. The maximum absolute atomic E-state index is 13.5. The summed E-state index contributed by atoms with van der Waals surface area (Å²) < 4.78 is 86.3. The molecule has 0 fully saturated rings. The summed E-state index contributed by atoms with van der Waals surface area (Å²) in [5, 5.41) is 0. The van der Waals surface area contributed by atoms with Crippen LogP contribution in [0.4, 0.5) is 0 Å². The highest BCUT2D eigenvalue weighted by molar-refractivity contribution is 7.87. The van der Waals surface area contributed by atoms with Crippen LogP contribution in [0.5, 0.6) is 17.2 Å². The minimum absolute atomic E-state index is 0.0458. The molecule has 5 rings (SSSR count). The third kappa shape index (κ3) is 7.62. The minimum Gasteiger partial charge on any atom is -0.466 e. The van der Waals surface area contributed by atoms with Gasteiger partial charge in [-0.1, -0.05) is 53.6 Å². The molecule has 0 saturated carbocycles. The van der Waals surface area contributed by atoms with Crippen LogP contribution in [0.3, 0.4) is 0 Å². The van der Waals surface area contributed by atoms with Crippen molar-refractivity contribution in [2.45, 2.75) is 48.4 Å². The third-order valence-corrected chi connectivity index (χ3v) is 9.98. The number of methoxy groups -OCH3 is 2. The summed E-state index contributed by atoms with van der Waals surface area (Å²) in [6, 6.07) is 22.1. The number of esters is 2. The second-order valence-corrected chi connectivity index (χ2v) is 14.0. The number of carbonyl (C=O) groups is 2. The lowest BCUT2D eigenvalue weighted by molar-refractivity contribution is -0.152. The zero-order valence-corrected chi connectivity index (χ0v) is 27.9. The Balaban J connectivity index is 1.57. The average Bonchev–Trinajstić information content (AvgIpc) is 3.41. The van der Waals surface area contributed by atoms with Crippen molar-refractivity contribution in [3.8, 4) is 17.2 Å². The summed E-state index contributed by atoms with van der Waals surface area (Å²) in [7, 11) is -6.44. The highest BCUT2D eigenvalue weighted by Crippen LogP contribution is 2.49. The van der Waals surface area contributed by atoms with Crippen LogP contribution in [0.2, 0.25) is 0 Å². The Kier molecular flexibility index (Phi) is 10.1. The van der Waals surface area contributed by atoms with E-state index < -0.39 is 50.5 Å². The smallest absolute Gasteiger partial charge is 0.347 e. The topological polar surface area (TPSA) is 158 Å². The van der Waals surface area contributed by atoms with Gasteiger partial charge in [0, 0.05) is 31.2 Å². The Hall–Kier alpha value is -4.92. The zero-order chi connectivity index (χ0) is 34.6. The molecule has 0 amide bonds. The van der Waals surface area contributed by atoms with Gasteiger partial charge >= 0.3 is 32.2 Å². The molecule has 0 radical (unpaired) electrons. The highest BCUT2D eigenvalue weighted by atomic mass is 32.2. The molecule has 0 saturated heterocycles. The molecule has 0 N–H and O–H groups in total. The number of carbonyl (C=O) groups excluding carboxylic acids is 2. The van der Waals surface area contributed by atoms with Crippen molar-refractivity contribution in [3.63, 3.8) is 0 Å². The van der Waals surface area contributed by atoms with Gasteiger partial charge in [0.1, 0.15) is 21.3 Å². The maximum atomic E-state index is 13.5. The summed E-state index contributed by atoms with van der Waals surface area (Å²) in [5.41, 5.74) is 1.92. The molecule has 0 spiro atoms. The second-order valence-electron chi connectivity index (χ2n) is 10.9. The Morgan fingerprint density at radius 1 is 0.771 bits per heavy atom. The van der Waals surface area contributed by atoms with Gasteiger partial charge in [0.15, 0.2) is 11.9 Å². The summed E-state index contributed by atoms with van der Waals surface area (Å²) >= 11 is 0. The van der Waals surface area contributed by atoms with Gasteiger partial charge in [0.25, 0.3) is 0 Å². The van der Waals surface area contributed by atoms with Gasteiger partial charge in [-0.3, -0.25) is 0 Å².